The quantitative estimate of drug-likeness (QED) is 0.426. The number of pyridine rings is 1. The van der Waals surface area contributed by atoms with Gasteiger partial charge >= 0.3 is 5.97 Å². The lowest BCUT2D eigenvalue weighted by atomic mass is 10.1. The van der Waals surface area contributed by atoms with Crippen LogP contribution in [0.1, 0.15) is 23.0 Å². The van der Waals surface area contributed by atoms with Crippen molar-refractivity contribution in [3.63, 3.8) is 0 Å². The van der Waals surface area contributed by atoms with Crippen LogP contribution in [0.3, 0.4) is 0 Å². The van der Waals surface area contributed by atoms with Crippen LogP contribution in [-0.2, 0) is 11.3 Å². The first-order valence-electron chi connectivity index (χ1n) is 10.2. The van der Waals surface area contributed by atoms with E-state index in [4.69, 9.17) is 9.72 Å². The predicted octanol–water partition coefficient (Wildman–Crippen LogP) is 4.76. The van der Waals surface area contributed by atoms with E-state index in [-0.39, 0.29) is 24.5 Å². The van der Waals surface area contributed by atoms with Gasteiger partial charge in [-0.1, -0.05) is 48.5 Å². The Morgan fingerprint density at radius 1 is 0.969 bits per heavy atom. The number of carbonyl (C=O) groups is 1. The standard InChI is InChI=1S/C25H22N4O3/c1-2-32-25(31)20-16-27-23(18-10-4-3-5-11-18)28-24(20)29(17-19-12-8-9-15-26-19)21-13-6-7-14-22(21)30/h3-16,30H,2,17H2,1H3. The number of aromatic hydroxyl groups is 1. The third-order valence-electron chi connectivity index (χ3n) is 4.77. The van der Waals surface area contributed by atoms with Crippen LogP contribution in [-0.4, -0.2) is 32.6 Å². The summed E-state index contributed by atoms with van der Waals surface area (Å²) in [6.45, 7) is 2.23. The number of ether oxygens (including phenoxy) is 1. The highest BCUT2D eigenvalue weighted by atomic mass is 16.5. The average molecular weight is 426 g/mol. The Bertz CT molecular complexity index is 1200. The van der Waals surface area contributed by atoms with Gasteiger partial charge in [0, 0.05) is 18.0 Å². The number of benzene rings is 2. The molecular weight excluding hydrogens is 404 g/mol. The van der Waals surface area contributed by atoms with Crippen LogP contribution in [0.4, 0.5) is 11.5 Å². The highest BCUT2D eigenvalue weighted by Gasteiger charge is 2.24. The van der Waals surface area contributed by atoms with Gasteiger partial charge in [0.15, 0.2) is 11.6 Å². The molecule has 4 aromatic rings. The first-order chi connectivity index (χ1) is 15.7. The van der Waals surface area contributed by atoms with E-state index in [9.17, 15) is 9.90 Å². The van der Waals surface area contributed by atoms with Gasteiger partial charge < -0.3 is 14.7 Å². The highest BCUT2D eigenvalue weighted by Crippen LogP contribution is 2.35. The topological polar surface area (TPSA) is 88.4 Å². The minimum Gasteiger partial charge on any atom is -0.506 e. The van der Waals surface area contributed by atoms with Gasteiger partial charge in [-0.15, -0.1) is 0 Å². The molecule has 0 fully saturated rings. The lowest BCUT2D eigenvalue weighted by molar-refractivity contribution is 0.0526. The van der Waals surface area contributed by atoms with Crippen molar-refractivity contribution in [1.82, 2.24) is 15.0 Å². The molecule has 0 aliphatic heterocycles. The molecule has 2 heterocycles. The predicted molar refractivity (Wildman–Crippen MR) is 122 cm³/mol. The fourth-order valence-electron chi connectivity index (χ4n) is 3.28. The van der Waals surface area contributed by atoms with Crippen molar-refractivity contribution in [3.8, 4) is 17.1 Å². The Labute approximate surface area is 186 Å². The molecule has 0 bridgehead atoms. The van der Waals surface area contributed by atoms with E-state index in [0.717, 1.165) is 11.3 Å². The normalized spacial score (nSPS) is 10.5. The first-order valence-corrected chi connectivity index (χ1v) is 10.2. The summed E-state index contributed by atoms with van der Waals surface area (Å²) in [5.74, 6) is 0.293. The summed E-state index contributed by atoms with van der Waals surface area (Å²) in [5, 5.41) is 10.6. The Morgan fingerprint density at radius 2 is 1.72 bits per heavy atom. The molecule has 0 saturated carbocycles. The maximum absolute atomic E-state index is 12.8. The molecule has 0 spiro atoms. The molecule has 2 aromatic carbocycles. The number of carbonyl (C=O) groups excluding carboxylic acids is 1. The van der Waals surface area contributed by atoms with Crippen molar-refractivity contribution in [1.29, 1.82) is 0 Å². The summed E-state index contributed by atoms with van der Waals surface area (Å²) >= 11 is 0. The molecule has 160 valence electrons. The molecular formula is C25H22N4O3. The summed E-state index contributed by atoms with van der Waals surface area (Å²) in [5.41, 5.74) is 2.23. The number of phenols is 1. The molecule has 32 heavy (non-hydrogen) atoms. The smallest absolute Gasteiger partial charge is 0.343 e. The number of para-hydroxylation sites is 2. The molecule has 0 atom stereocenters. The van der Waals surface area contributed by atoms with E-state index in [0.29, 0.717) is 17.3 Å². The summed E-state index contributed by atoms with van der Waals surface area (Å²) in [6, 6.07) is 22.0. The van der Waals surface area contributed by atoms with Gasteiger partial charge in [-0.2, -0.15) is 0 Å². The van der Waals surface area contributed by atoms with E-state index in [1.54, 1.807) is 36.2 Å². The molecule has 0 amide bonds. The van der Waals surface area contributed by atoms with E-state index in [1.165, 1.54) is 6.20 Å². The van der Waals surface area contributed by atoms with E-state index in [1.807, 2.05) is 54.6 Å². The van der Waals surface area contributed by atoms with Gasteiger partial charge in [0.25, 0.3) is 0 Å². The third kappa shape index (κ3) is 4.57. The van der Waals surface area contributed by atoms with Crippen molar-refractivity contribution in [2.75, 3.05) is 11.5 Å². The number of anilines is 2. The minimum atomic E-state index is -0.538. The fraction of sp³-hybridized carbons (Fsp3) is 0.120. The zero-order chi connectivity index (χ0) is 22.3. The van der Waals surface area contributed by atoms with Crippen LogP contribution >= 0.6 is 0 Å². The largest absolute Gasteiger partial charge is 0.506 e. The summed E-state index contributed by atoms with van der Waals surface area (Å²) < 4.78 is 5.26. The maximum Gasteiger partial charge on any atom is 0.343 e. The summed E-state index contributed by atoms with van der Waals surface area (Å²) in [7, 11) is 0. The van der Waals surface area contributed by atoms with Crippen molar-refractivity contribution < 1.29 is 14.6 Å². The van der Waals surface area contributed by atoms with Crippen LogP contribution in [0.25, 0.3) is 11.4 Å². The Morgan fingerprint density at radius 3 is 2.44 bits per heavy atom. The van der Waals surface area contributed by atoms with Gasteiger partial charge in [-0.3, -0.25) is 4.98 Å². The van der Waals surface area contributed by atoms with E-state index in [2.05, 4.69) is 9.97 Å². The molecule has 0 aliphatic rings. The van der Waals surface area contributed by atoms with Crippen LogP contribution in [0.15, 0.2) is 85.2 Å². The maximum atomic E-state index is 12.8. The SMILES string of the molecule is CCOC(=O)c1cnc(-c2ccccc2)nc1N(Cc1ccccn1)c1ccccc1O. The van der Waals surface area contributed by atoms with Crippen LogP contribution < -0.4 is 4.90 Å². The number of hydrogen-bond acceptors (Lipinski definition) is 7. The van der Waals surface area contributed by atoms with Gasteiger partial charge in [0.1, 0.15) is 11.3 Å². The van der Waals surface area contributed by atoms with Crippen molar-refractivity contribution in [2.24, 2.45) is 0 Å². The van der Waals surface area contributed by atoms with Crippen molar-refractivity contribution >= 4 is 17.5 Å². The zero-order valence-electron chi connectivity index (χ0n) is 17.5. The number of phenolic OH excluding ortho intramolecular Hbond substituents is 1. The molecule has 7 nitrogen and oxygen atoms in total. The van der Waals surface area contributed by atoms with Crippen LogP contribution in [0, 0.1) is 0 Å². The van der Waals surface area contributed by atoms with Gasteiger partial charge in [0.05, 0.1) is 24.5 Å². The monoisotopic (exact) mass is 426 g/mol. The molecule has 1 N–H and O–H groups in total. The number of nitrogens with zero attached hydrogens (tertiary/aromatic N) is 4. The summed E-state index contributed by atoms with van der Waals surface area (Å²) in [6.07, 6.45) is 3.16. The number of hydrogen-bond donors (Lipinski definition) is 1. The molecule has 0 unspecified atom stereocenters. The van der Waals surface area contributed by atoms with Crippen LogP contribution in [0.5, 0.6) is 5.75 Å². The Hall–Kier alpha value is -4.26. The molecule has 2 aromatic heterocycles. The fourth-order valence-corrected chi connectivity index (χ4v) is 3.28. The van der Waals surface area contributed by atoms with E-state index >= 15 is 0 Å². The van der Waals surface area contributed by atoms with Gasteiger partial charge in [0.2, 0.25) is 0 Å². The second-order valence-electron chi connectivity index (χ2n) is 6.91. The third-order valence-corrected chi connectivity index (χ3v) is 4.77. The lowest BCUT2D eigenvalue weighted by Crippen LogP contribution is -2.23. The van der Waals surface area contributed by atoms with Gasteiger partial charge in [-0.05, 0) is 31.2 Å². The van der Waals surface area contributed by atoms with E-state index < -0.39 is 5.97 Å². The highest BCUT2D eigenvalue weighted by molar-refractivity contribution is 5.96. The van der Waals surface area contributed by atoms with Crippen molar-refractivity contribution in [3.05, 3.63) is 96.4 Å². The molecule has 4 rings (SSSR count). The van der Waals surface area contributed by atoms with Crippen LogP contribution in [0.2, 0.25) is 0 Å². The molecule has 0 saturated heterocycles. The minimum absolute atomic E-state index is 0.0538. The zero-order valence-corrected chi connectivity index (χ0v) is 17.5. The Balaban J connectivity index is 1.90. The lowest BCUT2D eigenvalue weighted by Gasteiger charge is -2.26. The first kappa shape index (κ1) is 21.0. The second kappa shape index (κ2) is 9.70. The molecule has 7 heteroatoms. The second-order valence-corrected chi connectivity index (χ2v) is 6.91. The molecule has 0 aliphatic carbocycles. The van der Waals surface area contributed by atoms with Crippen molar-refractivity contribution in [2.45, 2.75) is 13.5 Å². The van der Waals surface area contributed by atoms with Gasteiger partial charge in [-0.25, -0.2) is 14.8 Å². The number of esters is 1. The summed E-state index contributed by atoms with van der Waals surface area (Å²) in [4.78, 5) is 28.1. The molecule has 0 radical (unpaired) electrons. The average Bonchev–Trinajstić information content (AvgIpc) is 2.84. The number of rotatable bonds is 7. The number of aromatic nitrogens is 3. The Kier molecular flexibility index (Phi) is 6.36.